The SMILES string of the molecule is COC(=O)C[C@H](C(=O)N1[C@H](C)CC[C@H]1C1=NC=C(c2ccc(C#Cc3ccc(-c4cnc([C@@H]5CC[C@@H](C)N5C(=O)[C@@H](NC(C)=O)C5CCOCC5)[nH]4)cc3)cc2)C1)C1CCOCC1. The summed E-state index contributed by atoms with van der Waals surface area (Å²) >= 11 is 0. The molecule has 2 aromatic carbocycles. The van der Waals surface area contributed by atoms with E-state index in [-0.39, 0.29) is 66.1 Å². The van der Waals surface area contributed by atoms with Gasteiger partial charge in [-0.1, -0.05) is 36.1 Å². The third-order valence-electron chi connectivity index (χ3n) is 13.8. The Balaban J connectivity index is 0.878. The standard InChI is InChI=1S/C50H60N6O7/c1-31-5-17-44(55(31)49(59)41(28-46(58)61-4)37-19-23-62-24-20-37)42-27-40(29-51-42)36-13-9-34(10-14-36)7-8-35-11-15-38(16-12-35)43-30-52-48(54-43)45-18-6-32(2)56(45)50(60)47(53-33(3)57)39-21-25-63-26-22-39/h9-16,29-32,37,39,41,44-45,47H,5-6,17-28H2,1-4H3,(H,52,54)(H,53,57)/t31-,32-,41+,44+,45+,47+/m1/s1. The summed E-state index contributed by atoms with van der Waals surface area (Å²) < 4.78 is 16.1. The van der Waals surface area contributed by atoms with E-state index in [1.54, 1.807) is 0 Å². The molecule has 0 spiro atoms. The molecule has 0 saturated carbocycles. The monoisotopic (exact) mass is 856 g/mol. The summed E-state index contributed by atoms with van der Waals surface area (Å²) in [5.74, 6) is 6.48. The summed E-state index contributed by atoms with van der Waals surface area (Å²) in [5, 5.41) is 2.96. The minimum absolute atomic E-state index is 0.0289. The molecule has 8 rings (SSSR count). The van der Waals surface area contributed by atoms with Crippen LogP contribution in [0.3, 0.4) is 0 Å². The first-order chi connectivity index (χ1) is 30.6. The zero-order chi connectivity index (χ0) is 44.0. The van der Waals surface area contributed by atoms with Crippen molar-refractivity contribution in [3.05, 3.63) is 83.4 Å². The van der Waals surface area contributed by atoms with Crippen molar-refractivity contribution >= 4 is 35.0 Å². The van der Waals surface area contributed by atoms with Crippen LogP contribution >= 0.6 is 0 Å². The number of aliphatic imine (C=N–C) groups is 1. The van der Waals surface area contributed by atoms with Crippen molar-refractivity contribution in [2.75, 3.05) is 33.5 Å². The van der Waals surface area contributed by atoms with Gasteiger partial charge in [-0.15, -0.1) is 0 Å². The van der Waals surface area contributed by atoms with E-state index in [9.17, 15) is 19.2 Å². The molecule has 4 saturated heterocycles. The number of aromatic amines is 1. The highest BCUT2D eigenvalue weighted by Crippen LogP contribution is 2.39. The number of carbonyl (C=O) groups is 4. The Hall–Kier alpha value is -5.58. The third kappa shape index (κ3) is 9.98. The highest BCUT2D eigenvalue weighted by atomic mass is 16.5. The van der Waals surface area contributed by atoms with Crippen LogP contribution in [0.15, 0.2) is 65.9 Å². The molecule has 332 valence electrons. The second-order valence-corrected chi connectivity index (χ2v) is 17.9. The average molecular weight is 857 g/mol. The van der Waals surface area contributed by atoms with Gasteiger partial charge in [0.1, 0.15) is 11.9 Å². The summed E-state index contributed by atoms with van der Waals surface area (Å²) in [5.41, 5.74) is 6.79. The van der Waals surface area contributed by atoms with Gasteiger partial charge < -0.3 is 34.3 Å². The number of hydrogen-bond acceptors (Lipinski definition) is 9. The maximum Gasteiger partial charge on any atom is 0.306 e. The van der Waals surface area contributed by atoms with E-state index in [1.165, 1.54) is 14.0 Å². The van der Waals surface area contributed by atoms with Crippen LogP contribution in [-0.4, -0.2) is 107 Å². The van der Waals surface area contributed by atoms with Gasteiger partial charge in [0, 0.05) is 74.9 Å². The lowest BCUT2D eigenvalue weighted by Crippen LogP contribution is -2.54. The summed E-state index contributed by atoms with van der Waals surface area (Å²) in [6.07, 6.45) is 10.9. The average Bonchev–Trinajstić information content (AvgIpc) is 4.14. The Morgan fingerprint density at radius 3 is 1.95 bits per heavy atom. The molecule has 4 fully saturated rings. The van der Waals surface area contributed by atoms with Gasteiger partial charge in [-0.05, 0) is 118 Å². The maximum absolute atomic E-state index is 14.2. The van der Waals surface area contributed by atoms with Gasteiger partial charge in [-0.3, -0.25) is 24.2 Å². The second kappa shape index (κ2) is 19.9. The number of hydrogen-bond donors (Lipinski definition) is 2. The molecule has 3 aromatic rings. The largest absolute Gasteiger partial charge is 0.469 e. The van der Waals surface area contributed by atoms with E-state index in [0.29, 0.717) is 32.8 Å². The van der Waals surface area contributed by atoms with Crippen LogP contribution in [-0.2, 0) is 33.4 Å². The van der Waals surface area contributed by atoms with E-state index >= 15 is 0 Å². The van der Waals surface area contributed by atoms with Crippen molar-refractivity contribution in [3.8, 4) is 23.1 Å². The lowest BCUT2D eigenvalue weighted by molar-refractivity contribution is -0.150. The topological polar surface area (TPSA) is 156 Å². The minimum atomic E-state index is -0.580. The Morgan fingerprint density at radius 2 is 1.35 bits per heavy atom. The normalized spacial score (nSPS) is 23.9. The predicted molar refractivity (Wildman–Crippen MR) is 239 cm³/mol. The second-order valence-electron chi connectivity index (χ2n) is 17.9. The van der Waals surface area contributed by atoms with Gasteiger partial charge in [0.2, 0.25) is 17.7 Å². The number of rotatable bonds is 11. The summed E-state index contributed by atoms with van der Waals surface area (Å²) in [6, 6.07) is 15.5. The quantitative estimate of drug-likeness (QED) is 0.161. The first-order valence-corrected chi connectivity index (χ1v) is 22.7. The number of nitrogens with zero attached hydrogens (tertiary/aromatic N) is 4. The number of esters is 1. The van der Waals surface area contributed by atoms with Crippen LogP contribution in [0, 0.1) is 29.6 Å². The first-order valence-electron chi connectivity index (χ1n) is 22.7. The molecule has 6 heterocycles. The minimum Gasteiger partial charge on any atom is -0.469 e. The van der Waals surface area contributed by atoms with Gasteiger partial charge in [0.05, 0.1) is 43.4 Å². The number of benzene rings is 2. The molecular formula is C50H60N6O7. The molecule has 6 atom stereocenters. The van der Waals surface area contributed by atoms with E-state index in [1.807, 2.05) is 58.6 Å². The van der Waals surface area contributed by atoms with E-state index in [4.69, 9.17) is 24.2 Å². The molecular weight excluding hydrogens is 797 g/mol. The fourth-order valence-corrected chi connectivity index (χ4v) is 10.3. The highest BCUT2D eigenvalue weighted by Gasteiger charge is 2.45. The highest BCUT2D eigenvalue weighted by molar-refractivity contribution is 6.03. The molecule has 0 aliphatic carbocycles. The van der Waals surface area contributed by atoms with Crippen molar-refractivity contribution in [2.45, 2.75) is 115 Å². The van der Waals surface area contributed by atoms with E-state index < -0.39 is 12.0 Å². The number of ether oxygens (including phenoxy) is 3. The Bertz CT molecular complexity index is 2260. The van der Waals surface area contributed by atoms with E-state index in [2.05, 4.69) is 48.1 Å². The van der Waals surface area contributed by atoms with Gasteiger partial charge >= 0.3 is 5.97 Å². The number of imidazole rings is 1. The molecule has 5 aliphatic rings. The summed E-state index contributed by atoms with van der Waals surface area (Å²) in [7, 11) is 1.38. The van der Waals surface area contributed by atoms with Crippen LogP contribution in [0.25, 0.3) is 16.8 Å². The molecule has 63 heavy (non-hydrogen) atoms. The van der Waals surface area contributed by atoms with Crippen molar-refractivity contribution in [2.24, 2.45) is 22.7 Å². The smallest absolute Gasteiger partial charge is 0.306 e. The summed E-state index contributed by atoms with van der Waals surface area (Å²) in [6.45, 7) is 8.04. The Morgan fingerprint density at radius 1 is 0.778 bits per heavy atom. The fraction of sp³-hybridized carbons (Fsp3) is 0.520. The van der Waals surface area contributed by atoms with Crippen LogP contribution in [0.4, 0.5) is 0 Å². The molecule has 0 bridgehead atoms. The van der Waals surface area contributed by atoms with Crippen LogP contribution < -0.4 is 5.32 Å². The number of aromatic nitrogens is 2. The predicted octanol–water partition coefficient (Wildman–Crippen LogP) is 6.63. The molecule has 13 nitrogen and oxygen atoms in total. The van der Waals surface area contributed by atoms with E-state index in [0.717, 1.165) is 96.4 Å². The molecule has 0 radical (unpaired) electrons. The molecule has 5 aliphatic heterocycles. The number of nitrogens with one attached hydrogen (secondary N) is 2. The number of allylic oxidation sites excluding steroid dienone is 1. The Labute approximate surface area is 370 Å². The van der Waals surface area contributed by atoms with Crippen LogP contribution in [0.2, 0.25) is 0 Å². The molecule has 3 amide bonds. The number of methoxy groups -OCH3 is 1. The lowest BCUT2D eigenvalue weighted by Gasteiger charge is -2.36. The van der Waals surface area contributed by atoms with Crippen LogP contribution in [0.1, 0.15) is 114 Å². The zero-order valence-electron chi connectivity index (χ0n) is 36.9. The van der Waals surface area contributed by atoms with Crippen molar-refractivity contribution in [1.29, 1.82) is 0 Å². The first kappa shape index (κ1) is 44.0. The van der Waals surface area contributed by atoms with Crippen molar-refractivity contribution in [3.63, 3.8) is 0 Å². The number of carbonyl (C=O) groups excluding carboxylic acids is 4. The van der Waals surface area contributed by atoms with Crippen LogP contribution in [0.5, 0.6) is 0 Å². The van der Waals surface area contributed by atoms with Gasteiger partial charge in [-0.2, -0.15) is 0 Å². The summed E-state index contributed by atoms with van der Waals surface area (Å²) in [4.78, 5) is 70.0. The molecule has 1 aromatic heterocycles. The van der Waals surface area contributed by atoms with Gasteiger partial charge in [-0.25, -0.2) is 4.98 Å². The zero-order valence-corrected chi connectivity index (χ0v) is 36.9. The number of amides is 3. The fourth-order valence-electron chi connectivity index (χ4n) is 10.3. The van der Waals surface area contributed by atoms with Crippen molar-refractivity contribution < 1.29 is 33.4 Å². The van der Waals surface area contributed by atoms with Gasteiger partial charge in [0.25, 0.3) is 0 Å². The van der Waals surface area contributed by atoms with Crippen molar-refractivity contribution in [1.82, 2.24) is 25.1 Å². The Kier molecular flexibility index (Phi) is 13.9. The molecule has 13 heteroatoms. The number of H-pyrrole nitrogens is 1. The number of likely N-dealkylation sites (tertiary alicyclic amines) is 2. The molecule has 2 N–H and O–H groups in total. The lowest BCUT2D eigenvalue weighted by atomic mass is 9.82. The van der Waals surface area contributed by atoms with Gasteiger partial charge in [0.15, 0.2) is 0 Å². The third-order valence-corrected chi connectivity index (χ3v) is 13.8. The molecule has 0 unspecified atom stereocenters. The maximum atomic E-state index is 14.2.